The van der Waals surface area contributed by atoms with E-state index in [1.807, 2.05) is 0 Å². The van der Waals surface area contributed by atoms with E-state index in [-0.39, 0.29) is 17.2 Å². The molecule has 0 spiro atoms. The van der Waals surface area contributed by atoms with Gasteiger partial charge in [-0.05, 0) is 24.3 Å². The molecule has 1 heterocycles. The summed E-state index contributed by atoms with van der Waals surface area (Å²) in [5.41, 5.74) is -0.128. The van der Waals surface area contributed by atoms with Crippen molar-refractivity contribution >= 4 is 29.0 Å². The van der Waals surface area contributed by atoms with Crippen LogP contribution in [0.1, 0.15) is 0 Å². The first kappa shape index (κ1) is 21.0. The summed E-state index contributed by atoms with van der Waals surface area (Å²) in [5, 5.41) is 32.0. The summed E-state index contributed by atoms with van der Waals surface area (Å²) in [6.45, 7) is 4.05. The summed E-state index contributed by atoms with van der Waals surface area (Å²) in [7, 11) is 0. The van der Waals surface area contributed by atoms with Crippen molar-refractivity contribution < 1.29 is 19.2 Å². The molecule has 2 aromatic carbocycles. The quantitative estimate of drug-likeness (QED) is 0.243. The lowest BCUT2D eigenvalue weighted by Gasteiger charge is -2.09. The molecule has 0 unspecified atom stereocenters. The van der Waals surface area contributed by atoms with Crippen LogP contribution in [0.3, 0.4) is 0 Å². The molecule has 2 N–H and O–H groups in total. The number of thioether (sulfide) groups is 1. The second kappa shape index (κ2) is 9.18. The second-order valence-corrected chi connectivity index (χ2v) is 6.93. The van der Waals surface area contributed by atoms with Crippen molar-refractivity contribution in [3.05, 3.63) is 71.1 Å². The highest BCUT2D eigenvalue weighted by atomic mass is 32.2. The summed E-state index contributed by atoms with van der Waals surface area (Å²) in [6.07, 6.45) is 1.63. The summed E-state index contributed by atoms with van der Waals surface area (Å²) >= 11 is 1.09. The summed E-state index contributed by atoms with van der Waals surface area (Å²) in [5.74, 6) is -1.05. The molecular formula is C19H16FN5O4S. The zero-order valence-corrected chi connectivity index (χ0v) is 16.3. The summed E-state index contributed by atoms with van der Waals surface area (Å²) < 4.78 is 15.1. The topological polar surface area (TPSA) is 123 Å². The monoisotopic (exact) mass is 429 g/mol. The van der Waals surface area contributed by atoms with Gasteiger partial charge < -0.3 is 10.4 Å². The Labute approximate surface area is 174 Å². The minimum Gasteiger partial charge on any atom is -0.507 e. The van der Waals surface area contributed by atoms with Crippen molar-refractivity contribution in [1.29, 1.82) is 0 Å². The van der Waals surface area contributed by atoms with Gasteiger partial charge in [0.25, 0.3) is 0 Å². The van der Waals surface area contributed by atoms with E-state index in [4.69, 9.17) is 0 Å². The maximum Gasteiger partial charge on any atom is 0.306 e. The summed E-state index contributed by atoms with van der Waals surface area (Å²) in [4.78, 5) is 22.2. The minimum atomic E-state index is -0.985. The Morgan fingerprint density at radius 1 is 1.33 bits per heavy atom. The van der Waals surface area contributed by atoms with Gasteiger partial charge in [-0.2, -0.15) is 4.39 Å². The van der Waals surface area contributed by atoms with Crippen LogP contribution in [0.4, 0.5) is 15.8 Å². The molecule has 154 valence electrons. The van der Waals surface area contributed by atoms with Crippen molar-refractivity contribution in [2.45, 2.75) is 11.7 Å². The molecule has 11 heteroatoms. The number of aromatic hydroxyl groups is 1. The lowest BCUT2D eigenvalue weighted by molar-refractivity contribution is -0.387. The molecule has 0 radical (unpaired) electrons. The van der Waals surface area contributed by atoms with Crippen LogP contribution in [0.25, 0.3) is 11.4 Å². The predicted molar refractivity (Wildman–Crippen MR) is 110 cm³/mol. The highest BCUT2D eigenvalue weighted by Gasteiger charge is 2.18. The molecule has 1 aromatic heterocycles. The number of amides is 1. The number of hydrogen-bond donors (Lipinski definition) is 2. The molecule has 0 aliphatic carbocycles. The first-order chi connectivity index (χ1) is 14.4. The number of para-hydroxylation sites is 1. The number of carbonyl (C=O) groups is 1. The maximum atomic E-state index is 13.4. The van der Waals surface area contributed by atoms with E-state index in [2.05, 4.69) is 22.1 Å². The van der Waals surface area contributed by atoms with Gasteiger partial charge in [-0.1, -0.05) is 30.0 Å². The fourth-order valence-corrected chi connectivity index (χ4v) is 3.36. The number of carbonyl (C=O) groups excluding carboxylic acids is 1. The van der Waals surface area contributed by atoms with Gasteiger partial charge in [0, 0.05) is 18.3 Å². The van der Waals surface area contributed by atoms with Crippen molar-refractivity contribution in [1.82, 2.24) is 14.8 Å². The Balaban J connectivity index is 1.74. The Kier molecular flexibility index (Phi) is 6.42. The zero-order valence-electron chi connectivity index (χ0n) is 15.5. The first-order valence-corrected chi connectivity index (χ1v) is 9.58. The van der Waals surface area contributed by atoms with Gasteiger partial charge in [-0.15, -0.1) is 16.8 Å². The number of nitro benzene ring substituents is 1. The lowest BCUT2D eigenvalue weighted by atomic mass is 10.2. The smallest absolute Gasteiger partial charge is 0.306 e. The molecule has 30 heavy (non-hydrogen) atoms. The molecule has 0 aliphatic rings. The van der Waals surface area contributed by atoms with Gasteiger partial charge >= 0.3 is 5.69 Å². The van der Waals surface area contributed by atoms with Crippen LogP contribution < -0.4 is 5.32 Å². The van der Waals surface area contributed by atoms with Crippen molar-refractivity contribution in [2.75, 3.05) is 11.1 Å². The van der Waals surface area contributed by atoms with E-state index in [1.165, 1.54) is 12.1 Å². The molecule has 0 fully saturated rings. The minimum absolute atomic E-state index is 0.0439. The number of halogens is 1. The largest absolute Gasteiger partial charge is 0.507 e. The van der Waals surface area contributed by atoms with E-state index >= 15 is 0 Å². The second-order valence-electron chi connectivity index (χ2n) is 5.98. The van der Waals surface area contributed by atoms with E-state index < -0.39 is 22.3 Å². The first-order valence-electron chi connectivity index (χ1n) is 8.59. The van der Waals surface area contributed by atoms with Crippen LogP contribution in [0.15, 0.2) is 60.3 Å². The van der Waals surface area contributed by atoms with Crippen molar-refractivity contribution in [3.63, 3.8) is 0 Å². The number of hydrogen-bond acceptors (Lipinski definition) is 7. The molecule has 0 saturated heterocycles. The van der Waals surface area contributed by atoms with Gasteiger partial charge in [0.1, 0.15) is 5.75 Å². The number of rotatable bonds is 8. The van der Waals surface area contributed by atoms with E-state index in [0.717, 1.165) is 23.9 Å². The fourth-order valence-electron chi connectivity index (χ4n) is 2.61. The SMILES string of the molecule is C=CCn1c(SCC(=O)Nc2ccc(F)c([N+](=O)[O-])c2)nnc1-c1ccccc1O. The number of benzene rings is 2. The van der Waals surface area contributed by atoms with Crippen molar-refractivity contribution in [2.24, 2.45) is 0 Å². The highest BCUT2D eigenvalue weighted by Crippen LogP contribution is 2.30. The molecule has 9 nitrogen and oxygen atoms in total. The van der Waals surface area contributed by atoms with Crippen LogP contribution in [0.5, 0.6) is 5.75 Å². The average Bonchev–Trinajstić information content (AvgIpc) is 3.11. The normalized spacial score (nSPS) is 10.6. The molecule has 3 rings (SSSR count). The average molecular weight is 429 g/mol. The van der Waals surface area contributed by atoms with E-state index in [0.29, 0.717) is 23.1 Å². The third-order valence-electron chi connectivity index (χ3n) is 3.93. The number of nitrogens with one attached hydrogen (secondary N) is 1. The van der Waals surface area contributed by atoms with Crippen LogP contribution in [-0.2, 0) is 11.3 Å². The Morgan fingerprint density at radius 3 is 2.80 bits per heavy atom. The van der Waals surface area contributed by atoms with Gasteiger partial charge in [-0.25, -0.2) is 0 Å². The lowest BCUT2D eigenvalue weighted by Crippen LogP contribution is -2.15. The Hall–Kier alpha value is -3.73. The fraction of sp³-hybridized carbons (Fsp3) is 0.105. The van der Waals surface area contributed by atoms with E-state index in [9.17, 15) is 24.4 Å². The van der Waals surface area contributed by atoms with Crippen LogP contribution in [0, 0.1) is 15.9 Å². The number of aromatic nitrogens is 3. The summed E-state index contributed by atoms with van der Waals surface area (Å²) in [6, 6.07) is 9.78. The number of nitro groups is 1. The van der Waals surface area contributed by atoms with Crippen LogP contribution in [0.2, 0.25) is 0 Å². The molecule has 0 aliphatic heterocycles. The van der Waals surface area contributed by atoms with Gasteiger partial charge in [0.05, 0.1) is 16.2 Å². The number of phenolic OH excluding ortho intramolecular Hbond substituents is 1. The Morgan fingerprint density at radius 2 is 2.10 bits per heavy atom. The maximum absolute atomic E-state index is 13.4. The van der Waals surface area contributed by atoms with E-state index in [1.54, 1.807) is 28.8 Å². The number of anilines is 1. The number of nitrogens with zero attached hydrogens (tertiary/aromatic N) is 4. The molecule has 0 atom stereocenters. The van der Waals surface area contributed by atoms with Gasteiger partial charge in [0.15, 0.2) is 11.0 Å². The van der Waals surface area contributed by atoms with Crippen LogP contribution >= 0.6 is 11.8 Å². The van der Waals surface area contributed by atoms with Crippen LogP contribution in [-0.4, -0.2) is 36.5 Å². The molecular weight excluding hydrogens is 413 g/mol. The standard InChI is InChI=1S/C19H16FN5O4S/c1-2-9-24-18(13-5-3-4-6-16(13)26)22-23-19(24)30-11-17(27)21-12-7-8-14(20)15(10-12)25(28)29/h2-8,10,26H,1,9,11H2,(H,21,27). The molecule has 3 aromatic rings. The van der Waals surface area contributed by atoms with Crippen molar-refractivity contribution in [3.8, 4) is 17.1 Å². The highest BCUT2D eigenvalue weighted by molar-refractivity contribution is 7.99. The Bertz CT molecular complexity index is 1120. The molecule has 1 amide bonds. The third kappa shape index (κ3) is 4.63. The van der Waals surface area contributed by atoms with Gasteiger partial charge in [0.2, 0.25) is 11.7 Å². The predicted octanol–water partition coefficient (Wildman–Crippen LogP) is 3.61. The van der Waals surface area contributed by atoms with Gasteiger partial charge in [-0.3, -0.25) is 19.5 Å². The molecule has 0 bridgehead atoms. The number of allylic oxidation sites excluding steroid dienone is 1. The molecule has 0 saturated carbocycles. The third-order valence-corrected chi connectivity index (χ3v) is 4.90. The number of phenols is 1. The zero-order chi connectivity index (χ0) is 21.7.